The van der Waals surface area contributed by atoms with Crippen LogP contribution in [0.4, 0.5) is 5.69 Å². The predicted molar refractivity (Wildman–Crippen MR) is 82.0 cm³/mol. The first-order valence-electron chi connectivity index (χ1n) is 6.82. The Morgan fingerprint density at radius 1 is 1.10 bits per heavy atom. The molecular weight excluding hydrogens is 295 g/mol. The Labute approximate surface area is 127 Å². The van der Waals surface area contributed by atoms with Crippen molar-refractivity contribution in [2.45, 2.75) is 38.1 Å². The highest BCUT2D eigenvalue weighted by molar-refractivity contribution is 6.37. The zero-order valence-electron chi connectivity index (χ0n) is 11.0. The highest BCUT2D eigenvalue weighted by atomic mass is 35.5. The molecule has 0 amide bonds. The van der Waals surface area contributed by atoms with Gasteiger partial charge in [-0.05, 0) is 25.0 Å². The van der Waals surface area contributed by atoms with Gasteiger partial charge in [-0.25, -0.2) is 0 Å². The van der Waals surface area contributed by atoms with Gasteiger partial charge in [-0.15, -0.1) is 10.2 Å². The standard InChI is InChI=1S/C14H16Cl2N4/c15-10-6-7-11(16)13(17)12(10)14-19-18-8-20(14)9-4-2-1-3-5-9/h6-9H,1-5,17H2. The number of aromatic nitrogens is 3. The summed E-state index contributed by atoms with van der Waals surface area (Å²) in [4.78, 5) is 0. The molecule has 0 bridgehead atoms. The molecule has 1 aliphatic carbocycles. The highest BCUT2D eigenvalue weighted by Gasteiger charge is 2.22. The molecule has 0 spiro atoms. The van der Waals surface area contributed by atoms with Crippen LogP contribution in [0, 0.1) is 0 Å². The minimum Gasteiger partial charge on any atom is -0.397 e. The Morgan fingerprint density at radius 3 is 2.55 bits per heavy atom. The molecule has 0 aliphatic heterocycles. The second-order valence-corrected chi connectivity index (χ2v) is 5.99. The summed E-state index contributed by atoms with van der Waals surface area (Å²) in [5.41, 5.74) is 7.22. The van der Waals surface area contributed by atoms with E-state index in [0.717, 1.165) is 12.8 Å². The molecule has 106 valence electrons. The normalized spacial score (nSPS) is 16.5. The number of benzene rings is 1. The molecule has 1 aliphatic rings. The molecule has 1 fully saturated rings. The fourth-order valence-corrected chi connectivity index (χ4v) is 3.25. The van der Waals surface area contributed by atoms with E-state index >= 15 is 0 Å². The van der Waals surface area contributed by atoms with E-state index in [2.05, 4.69) is 14.8 Å². The maximum Gasteiger partial charge on any atom is 0.167 e. The molecule has 0 unspecified atom stereocenters. The van der Waals surface area contributed by atoms with Gasteiger partial charge in [-0.3, -0.25) is 0 Å². The fourth-order valence-electron chi connectivity index (χ4n) is 2.84. The molecule has 1 aromatic carbocycles. The predicted octanol–water partition coefficient (Wildman–Crippen LogP) is 4.34. The van der Waals surface area contributed by atoms with Crippen LogP contribution in [-0.4, -0.2) is 14.8 Å². The van der Waals surface area contributed by atoms with E-state index in [1.54, 1.807) is 18.5 Å². The van der Waals surface area contributed by atoms with Crippen molar-refractivity contribution in [3.8, 4) is 11.4 Å². The summed E-state index contributed by atoms with van der Waals surface area (Å²) in [6.07, 6.45) is 7.82. The second kappa shape index (κ2) is 5.62. The minimum absolute atomic E-state index is 0.420. The van der Waals surface area contributed by atoms with Crippen molar-refractivity contribution in [1.29, 1.82) is 0 Å². The van der Waals surface area contributed by atoms with Crippen molar-refractivity contribution in [2.24, 2.45) is 0 Å². The maximum absolute atomic E-state index is 6.28. The summed E-state index contributed by atoms with van der Waals surface area (Å²) >= 11 is 12.4. The summed E-state index contributed by atoms with van der Waals surface area (Å²) in [6.45, 7) is 0. The number of hydrogen-bond donors (Lipinski definition) is 1. The highest BCUT2D eigenvalue weighted by Crippen LogP contribution is 2.39. The van der Waals surface area contributed by atoms with Crippen molar-refractivity contribution in [3.05, 3.63) is 28.5 Å². The first-order chi connectivity index (χ1) is 9.68. The molecule has 4 nitrogen and oxygen atoms in total. The monoisotopic (exact) mass is 310 g/mol. The largest absolute Gasteiger partial charge is 0.397 e. The van der Waals surface area contributed by atoms with Crippen LogP contribution in [0.1, 0.15) is 38.1 Å². The van der Waals surface area contributed by atoms with Gasteiger partial charge in [-0.2, -0.15) is 0 Å². The molecule has 2 aromatic rings. The molecule has 2 N–H and O–H groups in total. The summed E-state index contributed by atoms with van der Waals surface area (Å²) in [5, 5.41) is 9.30. The number of nitrogens with zero attached hydrogens (tertiary/aromatic N) is 3. The van der Waals surface area contributed by atoms with Crippen molar-refractivity contribution < 1.29 is 0 Å². The zero-order valence-corrected chi connectivity index (χ0v) is 12.5. The van der Waals surface area contributed by atoms with Crippen molar-refractivity contribution >= 4 is 28.9 Å². The molecule has 6 heteroatoms. The van der Waals surface area contributed by atoms with Gasteiger partial charge in [0.25, 0.3) is 0 Å². The average Bonchev–Trinajstić information content (AvgIpc) is 2.94. The smallest absolute Gasteiger partial charge is 0.167 e. The molecule has 0 atom stereocenters. The van der Waals surface area contributed by atoms with Crippen LogP contribution >= 0.6 is 23.2 Å². The third-order valence-electron chi connectivity index (χ3n) is 3.91. The van der Waals surface area contributed by atoms with Crippen LogP contribution in [0.25, 0.3) is 11.4 Å². The molecule has 20 heavy (non-hydrogen) atoms. The molecule has 1 aromatic heterocycles. The fraction of sp³-hybridized carbons (Fsp3) is 0.429. The summed E-state index contributed by atoms with van der Waals surface area (Å²) in [7, 11) is 0. The summed E-state index contributed by atoms with van der Waals surface area (Å²) in [6, 6.07) is 3.86. The lowest BCUT2D eigenvalue weighted by Gasteiger charge is -2.24. The molecule has 0 saturated heterocycles. The first-order valence-corrected chi connectivity index (χ1v) is 7.57. The van der Waals surface area contributed by atoms with Crippen LogP contribution < -0.4 is 5.73 Å². The van der Waals surface area contributed by atoms with Gasteiger partial charge in [0.1, 0.15) is 6.33 Å². The van der Waals surface area contributed by atoms with Crippen molar-refractivity contribution in [2.75, 3.05) is 5.73 Å². The summed E-state index contributed by atoms with van der Waals surface area (Å²) < 4.78 is 2.09. The molecule has 3 rings (SSSR count). The van der Waals surface area contributed by atoms with Gasteiger partial charge in [0.2, 0.25) is 0 Å². The van der Waals surface area contributed by atoms with Crippen LogP contribution in [-0.2, 0) is 0 Å². The van der Waals surface area contributed by atoms with Gasteiger partial charge in [0.15, 0.2) is 5.82 Å². The molecular formula is C14H16Cl2N4. The van der Waals surface area contributed by atoms with Gasteiger partial charge in [0.05, 0.1) is 21.3 Å². The number of anilines is 1. The van der Waals surface area contributed by atoms with E-state index in [1.807, 2.05) is 0 Å². The van der Waals surface area contributed by atoms with Gasteiger partial charge < -0.3 is 10.3 Å². The van der Waals surface area contributed by atoms with E-state index < -0.39 is 0 Å². The Balaban J connectivity index is 2.07. The average molecular weight is 311 g/mol. The zero-order chi connectivity index (χ0) is 14.1. The third kappa shape index (κ3) is 2.38. The Kier molecular flexibility index (Phi) is 3.85. The van der Waals surface area contributed by atoms with Crippen molar-refractivity contribution in [1.82, 2.24) is 14.8 Å². The third-order valence-corrected chi connectivity index (χ3v) is 4.55. The van der Waals surface area contributed by atoms with Gasteiger partial charge in [-0.1, -0.05) is 42.5 Å². The number of rotatable bonds is 2. The Bertz CT molecular complexity index is 618. The van der Waals surface area contributed by atoms with Crippen LogP contribution in [0.2, 0.25) is 10.0 Å². The van der Waals surface area contributed by atoms with E-state index in [4.69, 9.17) is 28.9 Å². The van der Waals surface area contributed by atoms with E-state index in [0.29, 0.717) is 33.2 Å². The first kappa shape index (κ1) is 13.7. The number of nitrogen functional groups attached to an aromatic ring is 1. The van der Waals surface area contributed by atoms with Gasteiger partial charge >= 0.3 is 0 Å². The number of hydrogen-bond acceptors (Lipinski definition) is 3. The topological polar surface area (TPSA) is 56.7 Å². The van der Waals surface area contributed by atoms with Crippen molar-refractivity contribution in [3.63, 3.8) is 0 Å². The van der Waals surface area contributed by atoms with Crippen LogP contribution in [0.5, 0.6) is 0 Å². The number of nitrogens with two attached hydrogens (primary N) is 1. The molecule has 0 radical (unpaired) electrons. The summed E-state index contributed by atoms with van der Waals surface area (Å²) in [5.74, 6) is 0.710. The lowest BCUT2D eigenvalue weighted by Crippen LogP contribution is -2.13. The van der Waals surface area contributed by atoms with Crippen LogP contribution in [0.3, 0.4) is 0 Å². The number of halogens is 2. The second-order valence-electron chi connectivity index (χ2n) is 5.17. The lowest BCUT2D eigenvalue weighted by atomic mass is 9.95. The quantitative estimate of drug-likeness (QED) is 0.839. The minimum atomic E-state index is 0.420. The molecule has 1 heterocycles. The lowest BCUT2D eigenvalue weighted by molar-refractivity contribution is 0.355. The van der Waals surface area contributed by atoms with Crippen LogP contribution in [0.15, 0.2) is 18.5 Å². The van der Waals surface area contributed by atoms with E-state index in [-0.39, 0.29) is 0 Å². The van der Waals surface area contributed by atoms with E-state index in [9.17, 15) is 0 Å². The Hall–Kier alpha value is -1.26. The van der Waals surface area contributed by atoms with E-state index in [1.165, 1.54) is 19.3 Å². The Morgan fingerprint density at radius 2 is 1.80 bits per heavy atom. The molecule has 1 saturated carbocycles. The maximum atomic E-state index is 6.28. The van der Waals surface area contributed by atoms with Gasteiger partial charge in [0, 0.05) is 6.04 Å². The SMILES string of the molecule is Nc1c(Cl)ccc(Cl)c1-c1nncn1C1CCCCC1.